The maximum Gasteiger partial charge on any atom is 0.295 e. The van der Waals surface area contributed by atoms with E-state index in [1.54, 1.807) is 0 Å². The molecule has 0 spiro atoms. The average molecular weight is 388 g/mol. The van der Waals surface area contributed by atoms with Gasteiger partial charge in [-0.3, -0.25) is 19.5 Å². The molecule has 3 aromatic rings. The maximum atomic E-state index is 12.4. The number of anilines is 1. The van der Waals surface area contributed by atoms with Gasteiger partial charge in [0, 0.05) is 34.2 Å². The number of nitrogens with zero attached hydrogens (tertiary/aromatic N) is 1. The fraction of sp³-hybridized carbons (Fsp3) is 0. The summed E-state index contributed by atoms with van der Waals surface area (Å²) in [5, 5.41) is 23.3. The van der Waals surface area contributed by atoms with Crippen molar-refractivity contribution < 1.29 is 27.8 Å². The van der Waals surface area contributed by atoms with Crippen molar-refractivity contribution in [1.82, 2.24) is 0 Å². The second-order valence-electron chi connectivity index (χ2n) is 5.54. The fourth-order valence-corrected chi connectivity index (χ4v) is 3.33. The highest BCUT2D eigenvalue weighted by molar-refractivity contribution is 7.86. The number of rotatable bonds is 4. The minimum Gasteiger partial charge on any atom is -0.507 e. The van der Waals surface area contributed by atoms with Crippen LogP contribution in [0.5, 0.6) is 5.75 Å². The fourth-order valence-electron chi connectivity index (χ4n) is 2.61. The van der Waals surface area contributed by atoms with Gasteiger partial charge >= 0.3 is 0 Å². The first-order chi connectivity index (χ1) is 12.7. The van der Waals surface area contributed by atoms with Gasteiger partial charge in [-0.15, -0.1) is 0 Å². The van der Waals surface area contributed by atoms with Crippen LogP contribution in [-0.2, 0) is 10.1 Å². The van der Waals surface area contributed by atoms with Crippen LogP contribution in [0.3, 0.4) is 0 Å². The van der Waals surface area contributed by atoms with E-state index in [4.69, 9.17) is 0 Å². The minimum atomic E-state index is -4.60. The summed E-state index contributed by atoms with van der Waals surface area (Å²) in [6, 6.07) is 11.4. The van der Waals surface area contributed by atoms with Crippen molar-refractivity contribution in [3.05, 3.63) is 70.3 Å². The first-order valence-electron chi connectivity index (χ1n) is 7.46. The summed E-state index contributed by atoms with van der Waals surface area (Å²) in [6.07, 6.45) is 0. The molecule has 0 aliphatic heterocycles. The molecular formula is C17H12N2O7S. The van der Waals surface area contributed by atoms with E-state index in [2.05, 4.69) is 5.32 Å². The van der Waals surface area contributed by atoms with Crippen LogP contribution in [0, 0.1) is 10.1 Å². The van der Waals surface area contributed by atoms with Crippen molar-refractivity contribution in [2.75, 3.05) is 5.32 Å². The number of carbonyl (C=O) groups excluding carboxylic acids is 1. The van der Waals surface area contributed by atoms with Crippen molar-refractivity contribution in [2.24, 2.45) is 0 Å². The second-order valence-corrected chi connectivity index (χ2v) is 6.93. The standard InChI is InChI=1S/C17H12N2O7S/c20-14-9-8-13(12-2-1-3-15(16(12)14)27(24,25)26)18-17(21)10-4-6-11(7-5-10)19(22)23/h1-9,20H,(H,18,21)(H,24,25,26). The Morgan fingerprint density at radius 3 is 2.30 bits per heavy atom. The van der Waals surface area contributed by atoms with Crippen LogP contribution in [0.4, 0.5) is 11.4 Å². The van der Waals surface area contributed by atoms with Crippen LogP contribution in [0.15, 0.2) is 59.5 Å². The van der Waals surface area contributed by atoms with E-state index >= 15 is 0 Å². The molecule has 27 heavy (non-hydrogen) atoms. The van der Waals surface area contributed by atoms with Crippen molar-refractivity contribution in [3.63, 3.8) is 0 Å². The number of benzene rings is 3. The second kappa shape index (κ2) is 6.67. The molecule has 138 valence electrons. The molecule has 0 saturated heterocycles. The number of aromatic hydroxyl groups is 1. The van der Waals surface area contributed by atoms with Gasteiger partial charge in [0.25, 0.3) is 21.7 Å². The quantitative estimate of drug-likeness (QED) is 0.269. The number of hydrogen-bond donors (Lipinski definition) is 3. The zero-order valence-corrected chi connectivity index (χ0v) is 14.3. The SMILES string of the molecule is O=C(Nc1ccc(O)c2c(S(=O)(=O)O)cccc12)c1ccc([N+](=O)[O-])cc1. The van der Waals surface area contributed by atoms with Crippen molar-refractivity contribution in [3.8, 4) is 5.75 Å². The number of phenolic OH excluding ortho intramolecular Hbond substituents is 1. The normalized spacial score (nSPS) is 11.3. The monoisotopic (exact) mass is 388 g/mol. The van der Waals surface area contributed by atoms with Gasteiger partial charge in [-0.2, -0.15) is 8.42 Å². The molecule has 3 aromatic carbocycles. The van der Waals surface area contributed by atoms with Crippen LogP contribution in [-0.4, -0.2) is 28.9 Å². The molecule has 0 aliphatic rings. The lowest BCUT2D eigenvalue weighted by Crippen LogP contribution is -2.12. The largest absolute Gasteiger partial charge is 0.507 e. The van der Waals surface area contributed by atoms with Crippen LogP contribution in [0.25, 0.3) is 10.8 Å². The van der Waals surface area contributed by atoms with Crippen molar-refractivity contribution in [2.45, 2.75) is 4.90 Å². The molecule has 9 nitrogen and oxygen atoms in total. The molecule has 0 aromatic heterocycles. The summed E-state index contributed by atoms with van der Waals surface area (Å²) in [7, 11) is -4.60. The van der Waals surface area contributed by atoms with Crippen LogP contribution in [0.2, 0.25) is 0 Å². The third kappa shape index (κ3) is 3.57. The van der Waals surface area contributed by atoms with Crippen molar-refractivity contribution in [1.29, 1.82) is 0 Å². The van der Waals surface area contributed by atoms with Crippen LogP contribution < -0.4 is 5.32 Å². The molecule has 10 heteroatoms. The van der Waals surface area contributed by atoms with E-state index < -0.39 is 25.8 Å². The lowest BCUT2D eigenvalue weighted by atomic mass is 10.1. The Morgan fingerprint density at radius 1 is 1.04 bits per heavy atom. The predicted octanol–water partition coefficient (Wildman–Crippen LogP) is 2.95. The van der Waals surface area contributed by atoms with E-state index in [1.807, 2.05) is 0 Å². The molecule has 0 unspecified atom stereocenters. The molecule has 0 saturated carbocycles. The van der Waals surface area contributed by atoms with Gasteiger partial charge in [0.1, 0.15) is 10.6 Å². The maximum absolute atomic E-state index is 12.4. The highest BCUT2D eigenvalue weighted by Crippen LogP contribution is 2.35. The van der Waals surface area contributed by atoms with E-state index in [0.29, 0.717) is 0 Å². The lowest BCUT2D eigenvalue weighted by molar-refractivity contribution is -0.384. The summed E-state index contributed by atoms with van der Waals surface area (Å²) < 4.78 is 32.4. The Bertz CT molecular complexity index is 1170. The molecule has 0 heterocycles. The topological polar surface area (TPSA) is 147 Å². The third-order valence-electron chi connectivity index (χ3n) is 3.85. The van der Waals surface area contributed by atoms with Crippen LogP contribution in [0.1, 0.15) is 10.4 Å². The summed E-state index contributed by atoms with van der Waals surface area (Å²) in [5.41, 5.74) is 0.170. The predicted molar refractivity (Wildman–Crippen MR) is 96.5 cm³/mol. The number of fused-ring (bicyclic) bond motifs is 1. The molecular weight excluding hydrogens is 376 g/mol. The molecule has 0 atom stereocenters. The van der Waals surface area contributed by atoms with Gasteiger partial charge in [-0.25, -0.2) is 0 Å². The zero-order chi connectivity index (χ0) is 19.8. The van der Waals surface area contributed by atoms with Gasteiger partial charge in [-0.05, 0) is 30.3 Å². The Balaban J connectivity index is 2.04. The summed E-state index contributed by atoms with van der Waals surface area (Å²) >= 11 is 0. The molecule has 0 fully saturated rings. The first kappa shape index (κ1) is 18.3. The van der Waals surface area contributed by atoms with E-state index in [9.17, 15) is 33.0 Å². The highest BCUT2D eigenvalue weighted by atomic mass is 32.2. The number of non-ortho nitro benzene ring substituents is 1. The Kier molecular flexibility index (Phi) is 4.52. The Labute approximate surface area is 152 Å². The number of hydrogen-bond acceptors (Lipinski definition) is 6. The molecule has 1 amide bonds. The molecule has 0 aliphatic carbocycles. The molecule has 0 radical (unpaired) electrons. The van der Waals surface area contributed by atoms with Gasteiger partial charge < -0.3 is 10.4 Å². The van der Waals surface area contributed by atoms with E-state index in [-0.39, 0.29) is 33.5 Å². The Hall–Kier alpha value is -3.50. The average Bonchev–Trinajstić information content (AvgIpc) is 2.63. The first-order valence-corrected chi connectivity index (χ1v) is 8.90. The van der Waals surface area contributed by atoms with Gasteiger partial charge in [0.05, 0.1) is 4.92 Å². The van der Waals surface area contributed by atoms with Crippen molar-refractivity contribution >= 4 is 38.2 Å². The summed E-state index contributed by atoms with van der Waals surface area (Å²) in [6.45, 7) is 0. The number of carbonyl (C=O) groups is 1. The van der Waals surface area contributed by atoms with Gasteiger partial charge in [0.15, 0.2) is 0 Å². The Morgan fingerprint density at radius 2 is 1.70 bits per heavy atom. The van der Waals surface area contributed by atoms with E-state index in [1.165, 1.54) is 48.5 Å². The highest BCUT2D eigenvalue weighted by Gasteiger charge is 2.19. The smallest absolute Gasteiger partial charge is 0.295 e. The van der Waals surface area contributed by atoms with Gasteiger partial charge in [0.2, 0.25) is 0 Å². The minimum absolute atomic E-state index is 0.138. The van der Waals surface area contributed by atoms with E-state index in [0.717, 1.165) is 6.07 Å². The molecule has 3 rings (SSSR count). The summed E-state index contributed by atoms with van der Waals surface area (Å²) in [5.74, 6) is -0.972. The molecule has 0 bridgehead atoms. The number of nitrogens with one attached hydrogen (secondary N) is 1. The zero-order valence-electron chi connectivity index (χ0n) is 13.5. The number of nitro benzene ring substituents is 1. The third-order valence-corrected chi connectivity index (χ3v) is 4.74. The number of amides is 1. The van der Waals surface area contributed by atoms with Crippen LogP contribution >= 0.6 is 0 Å². The molecule has 3 N–H and O–H groups in total. The number of phenols is 1. The lowest BCUT2D eigenvalue weighted by Gasteiger charge is -2.12. The van der Waals surface area contributed by atoms with Gasteiger partial charge in [-0.1, -0.05) is 12.1 Å². The summed E-state index contributed by atoms with van der Waals surface area (Å²) in [4.78, 5) is 22.0. The number of nitro groups is 1.